The summed E-state index contributed by atoms with van der Waals surface area (Å²) in [5.41, 5.74) is 5.99. The Bertz CT molecular complexity index is 916. The lowest BCUT2D eigenvalue weighted by molar-refractivity contribution is -0.138. The molecule has 0 spiro atoms. The SMILES string of the molecule is C[C@@H](NS(=O)(=O)c1ccc2c(NC(N)=NCl)cncc2c1)C(=O)O. The van der Waals surface area contributed by atoms with E-state index in [1.807, 2.05) is 0 Å². The van der Waals surface area contributed by atoms with Crippen molar-refractivity contribution >= 4 is 50.2 Å². The van der Waals surface area contributed by atoms with E-state index in [0.717, 1.165) is 0 Å². The fraction of sp³-hybridized carbons (Fsp3) is 0.154. The summed E-state index contributed by atoms with van der Waals surface area (Å²) in [6.45, 7) is 1.23. The van der Waals surface area contributed by atoms with Crippen LogP contribution in [0.1, 0.15) is 6.92 Å². The summed E-state index contributed by atoms with van der Waals surface area (Å²) in [5, 5.41) is 12.7. The molecule has 0 radical (unpaired) electrons. The molecule has 5 N–H and O–H groups in total. The predicted molar refractivity (Wildman–Crippen MR) is 90.3 cm³/mol. The van der Waals surface area contributed by atoms with Crippen molar-refractivity contribution in [3.63, 3.8) is 0 Å². The van der Waals surface area contributed by atoms with E-state index < -0.39 is 22.0 Å². The minimum absolute atomic E-state index is 0.0420. The topological polar surface area (TPSA) is 147 Å². The molecule has 1 heterocycles. The van der Waals surface area contributed by atoms with Gasteiger partial charge in [0, 0.05) is 28.7 Å². The van der Waals surface area contributed by atoms with Crippen molar-refractivity contribution in [2.45, 2.75) is 17.9 Å². The van der Waals surface area contributed by atoms with E-state index in [4.69, 9.17) is 22.6 Å². The van der Waals surface area contributed by atoms with Crippen LogP contribution in [0.25, 0.3) is 10.8 Å². The third-order valence-corrected chi connectivity index (χ3v) is 4.82. The number of carboxylic acids is 1. The standard InChI is InChI=1S/C13H14ClN5O4S/c1-7(12(20)21)19-24(22,23)9-2-3-10-8(4-9)5-16-6-11(10)17-13(15)18-14/h2-7,19H,1H3,(H,20,21)(H3,15,17,18)/t7-/m1/s1. The van der Waals surface area contributed by atoms with Crippen LogP contribution in [0, 0.1) is 0 Å². The second kappa shape index (κ2) is 6.99. The summed E-state index contributed by atoms with van der Waals surface area (Å²) in [6, 6.07) is 3.01. The summed E-state index contributed by atoms with van der Waals surface area (Å²) in [7, 11) is -3.99. The van der Waals surface area contributed by atoms with Crippen LogP contribution < -0.4 is 15.8 Å². The third-order valence-electron chi connectivity index (χ3n) is 3.10. The number of nitrogens with two attached hydrogens (primary N) is 1. The third kappa shape index (κ3) is 3.91. The van der Waals surface area contributed by atoms with Gasteiger partial charge in [-0.3, -0.25) is 9.78 Å². The lowest BCUT2D eigenvalue weighted by Gasteiger charge is -2.12. The van der Waals surface area contributed by atoms with Crippen LogP contribution >= 0.6 is 11.8 Å². The number of nitrogens with one attached hydrogen (secondary N) is 2. The fourth-order valence-electron chi connectivity index (χ4n) is 1.93. The number of aromatic nitrogens is 1. The molecule has 24 heavy (non-hydrogen) atoms. The van der Waals surface area contributed by atoms with Crippen LogP contribution in [0.4, 0.5) is 5.69 Å². The molecule has 1 atom stereocenters. The highest BCUT2D eigenvalue weighted by Gasteiger charge is 2.21. The van der Waals surface area contributed by atoms with Crippen LogP contribution in [0.15, 0.2) is 40.0 Å². The molecular formula is C13H14ClN5O4S. The highest BCUT2D eigenvalue weighted by atomic mass is 35.5. The Morgan fingerprint density at radius 3 is 2.75 bits per heavy atom. The normalized spacial score (nSPS) is 13.7. The largest absolute Gasteiger partial charge is 0.480 e. The van der Waals surface area contributed by atoms with Crippen LogP contribution in [0.2, 0.25) is 0 Å². The number of anilines is 1. The van der Waals surface area contributed by atoms with Crippen molar-refractivity contribution in [2.75, 3.05) is 5.32 Å². The molecule has 0 aliphatic rings. The number of carbonyl (C=O) groups is 1. The first-order chi connectivity index (χ1) is 11.2. The van der Waals surface area contributed by atoms with E-state index in [1.54, 1.807) is 6.07 Å². The molecule has 128 valence electrons. The maximum absolute atomic E-state index is 12.2. The zero-order valence-corrected chi connectivity index (χ0v) is 14.0. The highest BCUT2D eigenvalue weighted by molar-refractivity contribution is 7.89. The number of nitrogens with zero attached hydrogens (tertiary/aromatic N) is 2. The van der Waals surface area contributed by atoms with E-state index in [1.165, 1.54) is 31.5 Å². The average molecular weight is 372 g/mol. The Labute approximate surface area is 142 Å². The minimum Gasteiger partial charge on any atom is -0.480 e. The van der Waals surface area contributed by atoms with Crippen LogP contribution in [0.5, 0.6) is 0 Å². The van der Waals surface area contributed by atoms with E-state index in [0.29, 0.717) is 16.5 Å². The molecule has 0 fully saturated rings. The van der Waals surface area contributed by atoms with Gasteiger partial charge in [-0.25, -0.2) is 8.42 Å². The van der Waals surface area contributed by atoms with Crippen LogP contribution in [-0.4, -0.2) is 36.5 Å². The van der Waals surface area contributed by atoms with Gasteiger partial charge in [-0.2, -0.15) is 4.72 Å². The highest BCUT2D eigenvalue weighted by Crippen LogP contribution is 2.25. The summed E-state index contributed by atoms with van der Waals surface area (Å²) < 4.78 is 29.8. The van der Waals surface area contributed by atoms with Gasteiger partial charge in [-0.15, -0.1) is 4.51 Å². The van der Waals surface area contributed by atoms with E-state index in [9.17, 15) is 13.2 Å². The van der Waals surface area contributed by atoms with Gasteiger partial charge in [-0.1, -0.05) is 6.07 Å². The predicted octanol–water partition coefficient (Wildman–Crippen LogP) is 0.867. The van der Waals surface area contributed by atoms with Crippen molar-refractivity contribution in [1.29, 1.82) is 0 Å². The Morgan fingerprint density at radius 2 is 2.12 bits per heavy atom. The van der Waals surface area contributed by atoms with Crippen molar-refractivity contribution in [2.24, 2.45) is 10.2 Å². The number of aliphatic carboxylic acids is 1. The lowest BCUT2D eigenvalue weighted by Crippen LogP contribution is -2.38. The second-order valence-electron chi connectivity index (χ2n) is 4.85. The Kier molecular flexibility index (Phi) is 5.22. The first kappa shape index (κ1) is 17.9. The molecule has 0 aliphatic carbocycles. The van der Waals surface area contributed by atoms with E-state index >= 15 is 0 Å². The number of guanidine groups is 1. The number of halogens is 1. The number of rotatable bonds is 5. The number of carboxylic acid groups (broad SMARTS) is 1. The zero-order valence-electron chi connectivity index (χ0n) is 12.4. The molecule has 1 aromatic heterocycles. The summed E-state index contributed by atoms with van der Waals surface area (Å²) in [6.07, 6.45) is 2.95. The summed E-state index contributed by atoms with van der Waals surface area (Å²) in [4.78, 5) is 14.7. The molecule has 1 aromatic carbocycles. The van der Waals surface area contributed by atoms with Crippen molar-refractivity contribution in [3.05, 3.63) is 30.6 Å². The monoisotopic (exact) mass is 371 g/mol. The number of hydrogen-bond donors (Lipinski definition) is 4. The maximum atomic E-state index is 12.2. The van der Waals surface area contributed by atoms with E-state index in [2.05, 4.69) is 19.5 Å². The Morgan fingerprint density at radius 1 is 1.42 bits per heavy atom. The first-order valence-electron chi connectivity index (χ1n) is 6.59. The maximum Gasteiger partial charge on any atom is 0.321 e. The molecule has 9 nitrogen and oxygen atoms in total. The van der Waals surface area contributed by atoms with Crippen molar-refractivity contribution in [3.8, 4) is 0 Å². The van der Waals surface area contributed by atoms with Gasteiger partial charge < -0.3 is 16.2 Å². The van der Waals surface area contributed by atoms with Crippen LogP contribution in [0.3, 0.4) is 0 Å². The van der Waals surface area contributed by atoms with Crippen LogP contribution in [-0.2, 0) is 14.8 Å². The molecule has 2 aromatic rings. The number of hydrogen-bond acceptors (Lipinski definition) is 5. The number of benzene rings is 1. The smallest absolute Gasteiger partial charge is 0.321 e. The molecule has 0 saturated heterocycles. The Hall–Kier alpha value is -2.43. The first-order valence-corrected chi connectivity index (χ1v) is 8.41. The van der Waals surface area contributed by atoms with Gasteiger partial charge in [-0.05, 0) is 19.1 Å². The molecule has 2 rings (SSSR count). The second-order valence-corrected chi connectivity index (χ2v) is 6.73. The summed E-state index contributed by atoms with van der Waals surface area (Å²) >= 11 is 5.26. The lowest BCUT2D eigenvalue weighted by atomic mass is 10.1. The molecule has 0 amide bonds. The van der Waals surface area contributed by atoms with Gasteiger partial charge in [0.2, 0.25) is 16.0 Å². The van der Waals surface area contributed by atoms with E-state index in [-0.39, 0.29) is 10.9 Å². The van der Waals surface area contributed by atoms with Crippen molar-refractivity contribution < 1.29 is 18.3 Å². The fourth-order valence-corrected chi connectivity index (χ4v) is 3.21. The Balaban J connectivity index is 2.44. The number of sulfonamides is 1. The molecule has 0 aliphatic heterocycles. The van der Waals surface area contributed by atoms with Gasteiger partial charge in [0.05, 0.1) is 16.8 Å². The molecule has 0 unspecified atom stereocenters. The minimum atomic E-state index is -3.99. The summed E-state index contributed by atoms with van der Waals surface area (Å²) in [5.74, 6) is -1.32. The molecule has 0 bridgehead atoms. The molecule has 0 saturated carbocycles. The van der Waals surface area contributed by atoms with Crippen molar-refractivity contribution in [1.82, 2.24) is 9.71 Å². The van der Waals surface area contributed by atoms with Gasteiger partial charge in [0.1, 0.15) is 6.04 Å². The van der Waals surface area contributed by atoms with Gasteiger partial charge in [0.25, 0.3) is 0 Å². The average Bonchev–Trinajstić information content (AvgIpc) is 2.54. The zero-order chi connectivity index (χ0) is 17.9. The number of pyridine rings is 1. The van der Waals surface area contributed by atoms with Gasteiger partial charge in [0.15, 0.2) is 0 Å². The van der Waals surface area contributed by atoms with Gasteiger partial charge >= 0.3 is 5.97 Å². The molecular weight excluding hydrogens is 358 g/mol. The molecule has 11 heteroatoms. The quantitative estimate of drug-likeness (QED) is 0.450. The number of fused-ring (bicyclic) bond motifs is 1.